The van der Waals surface area contributed by atoms with Crippen LogP contribution in [0.25, 0.3) is 0 Å². The second-order valence-corrected chi connectivity index (χ2v) is 10.4. The lowest BCUT2D eigenvalue weighted by molar-refractivity contribution is -0.138. The summed E-state index contributed by atoms with van der Waals surface area (Å²) in [5.74, 6) is -2.63. The van der Waals surface area contributed by atoms with E-state index in [2.05, 4.69) is 16.0 Å². The van der Waals surface area contributed by atoms with Gasteiger partial charge in [0.1, 0.15) is 11.5 Å². The first-order valence-electron chi connectivity index (χ1n) is 12.8. The summed E-state index contributed by atoms with van der Waals surface area (Å²) in [6.45, 7) is 0.296. The van der Waals surface area contributed by atoms with Crippen molar-refractivity contribution >= 4 is 58.4 Å². The fourth-order valence-electron chi connectivity index (χ4n) is 4.58. The molecule has 11 nitrogen and oxygen atoms in total. The third-order valence-electron chi connectivity index (χ3n) is 6.63. The minimum Gasteiger partial charge on any atom is -0.506 e. The number of urea groups is 1. The highest BCUT2D eigenvalue weighted by Gasteiger charge is 2.36. The van der Waals surface area contributed by atoms with Gasteiger partial charge in [-0.2, -0.15) is 0 Å². The van der Waals surface area contributed by atoms with Gasteiger partial charge in [-0.05, 0) is 48.0 Å². The Bertz CT molecular complexity index is 1520. The van der Waals surface area contributed by atoms with Crippen LogP contribution in [0.4, 0.5) is 16.2 Å². The Labute approximate surface area is 251 Å². The number of phenols is 1. The number of ether oxygens (including phenoxy) is 1. The number of methoxy groups -OCH3 is 1. The van der Waals surface area contributed by atoms with Crippen molar-refractivity contribution in [2.24, 2.45) is 5.92 Å². The van der Waals surface area contributed by atoms with Gasteiger partial charge >= 0.3 is 12.0 Å². The topological polar surface area (TPSA) is 157 Å². The molecule has 220 valence electrons. The Morgan fingerprint density at radius 2 is 1.86 bits per heavy atom. The van der Waals surface area contributed by atoms with Gasteiger partial charge in [0.15, 0.2) is 0 Å². The zero-order valence-electron chi connectivity index (χ0n) is 22.4. The second-order valence-electron chi connectivity index (χ2n) is 9.60. The highest BCUT2D eigenvalue weighted by Crippen LogP contribution is 2.36. The number of carboxylic acids is 1. The van der Waals surface area contributed by atoms with E-state index in [0.717, 1.165) is 5.56 Å². The minimum atomic E-state index is -1.23. The van der Waals surface area contributed by atoms with E-state index in [4.69, 9.17) is 27.9 Å². The molecule has 0 radical (unpaired) electrons. The maximum absolute atomic E-state index is 13.2. The number of carboxylic acid groups (broad SMARTS) is 1. The molecule has 5 N–H and O–H groups in total. The monoisotopic (exact) mass is 614 g/mol. The third kappa shape index (κ3) is 7.62. The van der Waals surface area contributed by atoms with E-state index >= 15 is 0 Å². The second kappa shape index (κ2) is 13.5. The molecule has 4 amide bonds. The van der Waals surface area contributed by atoms with Gasteiger partial charge in [0.2, 0.25) is 11.8 Å². The van der Waals surface area contributed by atoms with E-state index in [0.29, 0.717) is 17.1 Å². The van der Waals surface area contributed by atoms with Gasteiger partial charge in [0.05, 0.1) is 30.5 Å². The quantitative estimate of drug-likeness (QED) is 0.221. The molecule has 2 unspecified atom stereocenters. The van der Waals surface area contributed by atoms with Crippen LogP contribution < -0.4 is 25.6 Å². The molecule has 13 heteroatoms. The number of halogens is 2. The van der Waals surface area contributed by atoms with Crippen molar-refractivity contribution in [3.63, 3.8) is 0 Å². The first kappa shape index (κ1) is 30.5. The van der Waals surface area contributed by atoms with Crippen LogP contribution in [-0.2, 0) is 20.9 Å². The van der Waals surface area contributed by atoms with Crippen LogP contribution in [0.3, 0.4) is 0 Å². The molecule has 3 aromatic carbocycles. The molecule has 0 bridgehead atoms. The lowest BCUT2D eigenvalue weighted by Gasteiger charge is -2.22. The van der Waals surface area contributed by atoms with Crippen molar-refractivity contribution in [2.45, 2.75) is 25.4 Å². The summed E-state index contributed by atoms with van der Waals surface area (Å²) in [5, 5.41) is 27.9. The standard InChI is InChI=1S/C29H28Cl2N4O7/c1-42-21-7-2-4-16(8-21)14-32-29(41)33-19-5-3-6-20(12-19)35-15-17(9-25(35)36)28(40)34-24(13-26(37)38)22-10-18(30)11-23(31)27(22)39/h2-8,10-12,17,24,39H,9,13-15H2,1H3,(H,34,40)(H,37,38)(H2,32,33,41). The average molecular weight is 615 g/mol. The molecule has 0 aromatic heterocycles. The van der Waals surface area contributed by atoms with Crippen LogP contribution in [0.15, 0.2) is 60.7 Å². The van der Waals surface area contributed by atoms with E-state index in [-0.39, 0.29) is 41.0 Å². The fourth-order valence-corrected chi connectivity index (χ4v) is 5.09. The number of aliphatic carboxylic acids is 1. The molecule has 0 spiro atoms. The Balaban J connectivity index is 1.40. The molecule has 0 saturated carbocycles. The normalized spacial score (nSPS) is 15.2. The van der Waals surface area contributed by atoms with Gasteiger partial charge in [-0.25, -0.2) is 4.79 Å². The Hall–Kier alpha value is -4.48. The number of phenolic OH excluding ortho intramolecular Hbond substituents is 1. The highest BCUT2D eigenvalue weighted by molar-refractivity contribution is 6.35. The highest BCUT2D eigenvalue weighted by atomic mass is 35.5. The van der Waals surface area contributed by atoms with Crippen LogP contribution >= 0.6 is 23.2 Å². The molecular formula is C29H28Cl2N4O7. The summed E-state index contributed by atoms with van der Waals surface area (Å²) in [6.07, 6.45) is -0.666. The first-order chi connectivity index (χ1) is 20.0. The van der Waals surface area contributed by atoms with Gasteiger partial charge in [0.25, 0.3) is 0 Å². The number of rotatable bonds is 10. The largest absolute Gasteiger partial charge is 0.506 e. The van der Waals surface area contributed by atoms with E-state index in [1.807, 2.05) is 18.2 Å². The van der Waals surface area contributed by atoms with Gasteiger partial charge in [0, 0.05) is 41.5 Å². The number of carbonyl (C=O) groups excluding carboxylic acids is 3. The van der Waals surface area contributed by atoms with Gasteiger partial charge in [-0.15, -0.1) is 0 Å². The summed E-state index contributed by atoms with van der Waals surface area (Å²) in [7, 11) is 1.56. The fraction of sp³-hybridized carbons (Fsp3) is 0.241. The summed E-state index contributed by atoms with van der Waals surface area (Å²) < 4.78 is 5.19. The van der Waals surface area contributed by atoms with E-state index in [9.17, 15) is 29.4 Å². The molecule has 1 fully saturated rings. The molecule has 3 aromatic rings. The lowest BCUT2D eigenvalue weighted by atomic mass is 10.0. The number of carbonyl (C=O) groups is 4. The Morgan fingerprint density at radius 1 is 1.10 bits per heavy atom. The summed E-state index contributed by atoms with van der Waals surface area (Å²) in [5.41, 5.74) is 1.81. The molecule has 2 atom stereocenters. The third-order valence-corrected chi connectivity index (χ3v) is 7.13. The van der Waals surface area contributed by atoms with Crippen LogP contribution in [0, 0.1) is 5.92 Å². The van der Waals surface area contributed by atoms with E-state index in [1.165, 1.54) is 17.0 Å². The Kier molecular flexibility index (Phi) is 9.76. The van der Waals surface area contributed by atoms with Crippen LogP contribution in [0.5, 0.6) is 11.5 Å². The Morgan fingerprint density at radius 3 is 2.60 bits per heavy atom. The van der Waals surface area contributed by atoms with Gasteiger partial charge in [-0.1, -0.05) is 41.4 Å². The summed E-state index contributed by atoms with van der Waals surface area (Å²) in [4.78, 5) is 51.4. The van der Waals surface area contributed by atoms with Crippen molar-refractivity contribution < 1.29 is 34.1 Å². The van der Waals surface area contributed by atoms with E-state index in [1.54, 1.807) is 37.4 Å². The molecule has 1 saturated heterocycles. The van der Waals surface area contributed by atoms with Gasteiger partial charge in [-0.3, -0.25) is 14.4 Å². The van der Waals surface area contributed by atoms with Gasteiger partial charge < -0.3 is 35.8 Å². The van der Waals surface area contributed by atoms with Crippen molar-refractivity contribution in [2.75, 3.05) is 23.9 Å². The molecule has 0 aliphatic carbocycles. The SMILES string of the molecule is COc1cccc(CNC(=O)Nc2cccc(N3CC(C(=O)NC(CC(=O)O)c4cc(Cl)cc(Cl)c4O)CC3=O)c2)c1. The van der Waals surface area contributed by atoms with E-state index < -0.39 is 42.0 Å². The molecule has 1 aliphatic heterocycles. The predicted molar refractivity (Wildman–Crippen MR) is 157 cm³/mol. The average Bonchev–Trinajstić information content (AvgIpc) is 3.35. The number of hydrogen-bond acceptors (Lipinski definition) is 6. The number of nitrogens with zero attached hydrogens (tertiary/aromatic N) is 1. The number of amides is 4. The van der Waals surface area contributed by atoms with Crippen LogP contribution in [0.2, 0.25) is 10.0 Å². The van der Waals surface area contributed by atoms with Crippen LogP contribution in [-0.4, -0.2) is 47.7 Å². The molecule has 1 aliphatic rings. The van der Waals surface area contributed by atoms with Crippen molar-refractivity contribution in [3.8, 4) is 11.5 Å². The molecular weight excluding hydrogens is 587 g/mol. The molecule has 42 heavy (non-hydrogen) atoms. The zero-order valence-corrected chi connectivity index (χ0v) is 23.9. The smallest absolute Gasteiger partial charge is 0.319 e. The maximum Gasteiger partial charge on any atom is 0.319 e. The number of hydrogen-bond donors (Lipinski definition) is 5. The van der Waals surface area contributed by atoms with Crippen molar-refractivity contribution in [3.05, 3.63) is 81.8 Å². The first-order valence-corrected chi connectivity index (χ1v) is 13.6. The summed E-state index contributed by atoms with van der Waals surface area (Å²) in [6, 6.07) is 14.9. The number of aromatic hydroxyl groups is 1. The van der Waals surface area contributed by atoms with Crippen molar-refractivity contribution in [1.29, 1.82) is 0 Å². The zero-order chi connectivity index (χ0) is 30.4. The summed E-state index contributed by atoms with van der Waals surface area (Å²) >= 11 is 12.0. The minimum absolute atomic E-state index is 0.0260. The van der Waals surface area contributed by atoms with Crippen LogP contribution in [0.1, 0.15) is 30.0 Å². The molecule has 4 rings (SSSR count). The van der Waals surface area contributed by atoms with Crippen molar-refractivity contribution in [1.82, 2.24) is 10.6 Å². The lowest BCUT2D eigenvalue weighted by Crippen LogP contribution is -2.36. The maximum atomic E-state index is 13.2. The molecule has 1 heterocycles. The number of anilines is 2. The number of benzene rings is 3. The predicted octanol–water partition coefficient (Wildman–Crippen LogP) is 4.71. The number of nitrogens with one attached hydrogen (secondary N) is 3.